The molecule has 1 amide bonds. The van der Waals surface area contributed by atoms with Gasteiger partial charge >= 0.3 is 0 Å². The number of pyridine rings is 1. The van der Waals surface area contributed by atoms with Crippen LogP contribution in [-0.2, 0) is 15.6 Å². The lowest BCUT2D eigenvalue weighted by molar-refractivity contribution is -0.133. The number of hydrogen-bond donors (Lipinski definition) is 0. The van der Waals surface area contributed by atoms with E-state index in [9.17, 15) is 4.79 Å². The molecule has 1 unspecified atom stereocenters. The van der Waals surface area contributed by atoms with Crippen LogP contribution >= 0.6 is 23.2 Å². The Kier molecular flexibility index (Phi) is 8.02. The summed E-state index contributed by atoms with van der Waals surface area (Å²) >= 11 is 13.3. The number of carbonyl (C=O) groups is 1. The third-order valence-electron chi connectivity index (χ3n) is 8.31. The molecule has 2 aromatic rings. The maximum absolute atomic E-state index is 13.4. The van der Waals surface area contributed by atoms with Gasteiger partial charge in [0.25, 0.3) is 0 Å². The molecule has 1 aromatic heterocycles. The second-order valence-corrected chi connectivity index (χ2v) is 17.3. The zero-order valence-electron chi connectivity index (χ0n) is 21.6. The molecule has 7 heteroatoms. The van der Waals surface area contributed by atoms with E-state index in [2.05, 4.69) is 43.7 Å². The fourth-order valence-electron chi connectivity index (χ4n) is 5.14. The minimum absolute atomic E-state index is 0.0574. The van der Waals surface area contributed by atoms with Gasteiger partial charge in [-0.05, 0) is 97.6 Å². The van der Waals surface area contributed by atoms with E-state index in [0.717, 1.165) is 55.3 Å². The lowest BCUT2D eigenvalue weighted by Crippen LogP contribution is -2.47. The number of amides is 1. The highest BCUT2D eigenvalue weighted by atomic mass is 35.5. The van der Waals surface area contributed by atoms with Crippen molar-refractivity contribution in [2.24, 2.45) is 5.92 Å². The molecule has 0 N–H and O–H groups in total. The first-order valence-electron chi connectivity index (χ1n) is 12.8. The zero-order chi connectivity index (χ0) is 25.4. The molecule has 1 atom stereocenters. The highest BCUT2D eigenvalue weighted by Gasteiger charge is 2.42. The van der Waals surface area contributed by atoms with Gasteiger partial charge in [-0.15, -0.1) is 0 Å². The molecule has 35 heavy (non-hydrogen) atoms. The fourth-order valence-corrected chi connectivity index (χ4v) is 7.20. The number of rotatable bonds is 6. The van der Waals surface area contributed by atoms with Crippen molar-refractivity contribution in [1.29, 1.82) is 0 Å². The normalized spacial score (nSPS) is 23.7. The Bertz CT molecular complexity index is 1020. The van der Waals surface area contributed by atoms with Gasteiger partial charge in [0.1, 0.15) is 0 Å². The van der Waals surface area contributed by atoms with Crippen molar-refractivity contribution >= 4 is 37.4 Å². The first kappa shape index (κ1) is 26.7. The quantitative estimate of drug-likeness (QED) is 0.356. The minimum Gasteiger partial charge on any atom is -0.414 e. The fraction of sp³-hybridized carbons (Fsp3) is 0.571. The van der Waals surface area contributed by atoms with Crippen LogP contribution in [0.4, 0.5) is 0 Å². The molecule has 2 aliphatic rings. The third kappa shape index (κ3) is 5.95. The van der Waals surface area contributed by atoms with Crippen molar-refractivity contribution in [2.45, 2.75) is 89.6 Å². The monoisotopic (exact) mass is 532 g/mol. The van der Waals surface area contributed by atoms with Gasteiger partial charge in [-0.1, -0.05) is 44.0 Å². The predicted octanol–water partition coefficient (Wildman–Crippen LogP) is 7.78. The van der Waals surface area contributed by atoms with Crippen LogP contribution in [0.25, 0.3) is 11.1 Å². The molecule has 1 saturated heterocycles. The summed E-state index contributed by atoms with van der Waals surface area (Å²) in [7, 11) is -1.76. The van der Waals surface area contributed by atoms with E-state index < -0.39 is 8.32 Å². The smallest absolute Gasteiger partial charge is 0.226 e. The van der Waals surface area contributed by atoms with E-state index in [0.29, 0.717) is 28.6 Å². The Morgan fingerprint density at radius 3 is 2.17 bits per heavy atom. The van der Waals surface area contributed by atoms with Crippen LogP contribution in [0.3, 0.4) is 0 Å². The second kappa shape index (κ2) is 10.5. The summed E-state index contributed by atoms with van der Waals surface area (Å²) in [5.74, 6) is 0.196. The van der Waals surface area contributed by atoms with Gasteiger partial charge < -0.3 is 9.33 Å². The standard InChI is InChI=1S/C28H38Cl2N2O2Si/c1-28(2,3)35(4,5)34-23-8-6-22(7-9-23)32-15-12-20(27(32)33)16-24-25(29)17-21(18-26(24)30)19-10-13-31-14-11-19/h10-11,13-14,17-18,20,22-23H,6-9,12,15-16H2,1-5H3/t20?,22-,23+. The van der Waals surface area contributed by atoms with Crippen LogP contribution in [0.15, 0.2) is 36.7 Å². The van der Waals surface area contributed by atoms with Gasteiger partial charge in [-0.2, -0.15) is 0 Å². The van der Waals surface area contributed by atoms with Gasteiger partial charge in [0.05, 0.1) is 0 Å². The van der Waals surface area contributed by atoms with Crippen molar-refractivity contribution in [2.75, 3.05) is 6.54 Å². The minimum atomic E-state index is -1.76. The zero-order valence-corrected chi connectivity index (χ0v) is 24.1. The first-order chi connectivity index (χ1) is 16.5. The lowest BCUT2D eigenvalue weighted by Gasteiger charge is -2.42. The number of likely N-dealkylation sites (tertiary alicyclic amines) is 1. The van der Waals surface area contributed by atoms with Gasteiger partial charge in [-0.25, -0.2) is 0 Å². The van der Waals surface area contributed by atoms with E-state index in [1.165, 1.54) is 0 Å². The van der Waals surface area contributed by atoms with Crippen LogP contribution in [0, 0.1) is 5.92 Å². The SMILES string of the molecule is CC(C)(C)[Si](C)(C)O[C@H]1CC[C@@H](N2CCC(Cc3c(Cl)cc(-c4ccncc4)cc3Cl)C2=O)CC1. The summed E-state index contributed by atoms with van der Waals surface area (Å²) in [6.07, 6.45) is 9.43. The number of nitrogens with zero attached hydrogens (tertiary/aromatic N) is 2. The van der Waals surface area contributed by atoms with Crippen molar-refractivity contribution in [3.8, 4) is 11.1 Å². The molecule has 1 aliphatic carbocycles. The van der Waals surface area contributed by atoms with Crippen LogP contribution < -0.4 is 0 Å². The summed E-state index contributed by atoms with van der Waals surface area (Å²) in [4.78, 5) is 19.6. The van der Waals surface area contributed by atoms with Crippen LogP contribution in [0.2, 0.25) is 28.2 Å². The maximum atomic E-state index is 13.4. The Balaban J connectivity index is 1.36. The summed E-state index contributed by atoms with van der Waals surface area (Å²) in [5.41, 5.74) is 2.85. The average molecular weight is 534 g/mol. The topological polar surface area (TPSA) is 42.4 Å². The molecule has 1 saturated carbocycles. The van der Waals surface area contributed by atoms with Crippen molar-refractivity contribution < 1.29 is 9.22 Å². The summed E-state index contributed by atoms with van der Waals surface area (Å²) in [6.45, 7) is 12.4. The number of hydrogen-bond acceptors (Lipinski definition) is 3. The van der Waals surface area contributed by atoms with Gasteiger partial charge in [0.2, 0.25) is 5.91 Å². The Morgan fingerprint density at radius 1 is 1.00 bits per heavy atom. The Labute approximate surface area is 221 Å². The van der Waals surface area contributed by atoms with Crippen molar-refractivity contribution in [1.82, 2.24) is 9.88 Å². The molecule has 2 fully saturated rings. The predicted molar refractivity (Wildman–Crippen MR) is 148 cm³/mol. The molecule has 0 bridgehead atoms. The molecule has 0 spiro atoms. The lowest BCUT2D eigenvalue weighted by atomic mass is 9.92. The average Bonchev–Trinajstić information content (AvgIpc) is 3.16. The van der Waals surface area contributed by atoms with E-state index in [1.807, 2.05) is 24.3 Å². The Hall–Kier alpha value is -1.40. The Morgan fingerprint density at radius 2 is 1.60 bits per heavy atom. The van der Waals surface area contributed by atoms with E-state index in [-0.39, 0.29) is 16.9 Å². The van der Waals surface area contributed by atoms with E-state index in [4.69, 9.17) is 27.6 Å². The highest BCUT2D eigenvalue weighted by Crippen LogP contribution is 2.40. The second-order valence-electron chi connectivity index (χ2n) is 11.7. The molecule has 1 aliphatic heterocycles. The highest BCUT2D eigenvalue weighted by molar-refractivity contribution is 6.74. The summed E-state index contributed by atoms with van der Waals surface area (Å²) in [6, 6.07) is 8.09. The van der Waals surface area contributed by atoms with Gasteiger partial charge in [0, 0.05) is 47.0 Å². The molecular formula is C28H38Cl2N2O2Si. The largest absolute Gasteiger partial charge is 0.414 e. The number of carbonyl (C=O) groups excluding carboxylic acids is 1. The number of aromatic nitrogens is 1. The molecule has 2 heterocycles. The summed E-state index contributed by atoms with van der Waals surface area (Å²) in [5, 5.41) is 1.47. The van der Waals surface area contributed by atoms with Crippen molar-refractivity contribution in [3.05, 3.63) is 52.3 Å². The van der Waals surface area contributed by atoms with E-state index >= 15 is 0 Å². The van der Waals surface area contributed by atoms with Gasteiger partial charge in [-0.3, -0.25) is 9.78 Å². The maximum Gasteiger partial charge on any atom is 0.226 e. The van der Waals surface area contributed by atoms with Crippen LogP contribution in [-0.4, -0.2) is 42.8 Å². The summed E-state index contributed by atoms with van der Waals surface area (Å²) < 4.78 is 6.65. The number of benzene rings is 1. The molecule has 0 radical (unpaired) electrons. The van der Waals surface area contributed by atoms with E-state index in [1.54, 1.807) is 12.4 Å². The van der Waals surface area contributed by atoms with Crippen LogP contribution in [0.1, 0.15) is 58.4 Å². The number of halogens is 2. The molecule has 4 nitrogen and oxygen atoms in total. The van der Waals surface area contributed by atoms with Gasteiger partial charge in [0.15, 0.2) is 8.32 Å². The molecule has 4 rings (SSSR count). The van der Waals surface area contributed by atoms with Crippen molar-refractivity contribution in [3.63, 3.8) is 0 Å². The molecular weight excluding hydrogens is 495 g/mol. The first-order valence-corrected chi connectivity index (χ1v) is 16.5. The van der Waals surface area contributed by atoms with Crippen LogP contribution in [0.5, 0.6) is 0 Å². The third-order valence-corrected chi connectivity index (χ3v) is 13.5. The molecule has 190 valence electrons. The molecule has 1 aromatic carbocycles.